The number of piperidine rings is 1. The molecule has 3 heterocycles. The van der Waals surface area contributed by atoms with E-state index >= 15 is 0 Å². The summed E-state index contributed by atoms with van der Waals surface area (Å²) in [7, 11) is 1.64. The van der Waals surface area contributed by atoms with Gasteiger partial charge in [0.1, 0.15) is 17.4 Å². The van der Waals surface area contributed by atoms with E-state index in [4.69, 9.17) is 9.72 Å². The Morgan fingerprint density at radius 3 is 2.60 bits per heavy atom. The molecule has 7 heteroatoms. The molecule has 208 valence electrons. The third-order valence-electron chi connectivity index (χ3n) is 7.81. The molecule has 0 saturated carbocycles. The van der Waals surface area contributed by atoms with E-state index in [0.717, 1.165) is 79.2 Å². The quantitative estimate of drug-likeness (QED) is 0.240. The van der Waals surface area contributed by atoms with Crippen LogP contribution in [0.1, 0.15) is 49.1 Å². The number of nitrogens with zero attached hydrogens (tertiary/aromatic N) is 3. The van der Waals surface area contributed by atoms with E-state index in [0.29, 0.717) is 24.6 Å². The lowest BCUT2D eigenvalue weighted by molar-refractivity contribution is -0.132. The van der Waals surface area contributed by atoms with Crippen LogP contribution in [0.25, 0.3) is 22.6 Å². The molecular weight excluding hydrogens is 503 g/mol. The van der Waals surface area contributed by atoms with Crippen molar-refractivity contribution < 1.29 is 13.9 Å². The first-order chi connectivity index (χ1) is 19.5. The first kappa shape index (κ1) is 27.6. The van der Waals surface area contributed by atoms with Crippen molar-refractivity contribution in [3.05, 3.63) is 89.6 Å². The number of aromatic amines is 1. The van der Waals surface area contributed by atoms with Crippen molar-refractivity contribution in [2.24, 2.45) is 5.92 Å². The fourth-order valence-electron chi connectivity index (χ4n) is 5.48. The molecule has 0 unspecified atom stereocenters. The zero-order chi connectivity index (χ0) is 27.9. The van der Waals surface area contributed by atoms with Gasteiger partial charge in [-0.25, -0.2) is 9.37 Å². The van der Waals surface area contributed by atoms with E-state index in [1.54, 1.807) is 19.2 Å². The average molecular weight is 541 g/mol. The van der Waals surface area contributed by atoms with E-state index in [1.165, 1.54) is 17.7 Å². The molecule has 1 amide bonds. The smallest absolute Gasteiger partial charge is 0.222 e. The number of aromatic nitrogens is 3. The molecule has 0 aliphatic carbocycles. The van der Waals surface area contributed by atoms with E-state index in [9.17, 15) is 9.18 Å². The van der Waals surface area contributed by atoms with Gasteiger partial charge in [0.25, 0.3) is 0 Å². The number of hydrogen-bond donors (Lipinski definition) is 1. The molecule has 0 bridgehead atoms. The molecule has 2 aromatic heterocycles. The number of methoxy groups -OCH3 is 1. The summed E-state index contributed by atoms with van der Waals surface area (Å²) in [4.78, 5) is 27.9. The van der Waals surface area contributed by atoms with Crippen molar-refractivity contribution in [2.45, 2.75) is 51.9 Å². The van der Waals surface area contributed by atoms with Crippen LogP contribution < -0.4 is 4.74 Å². The second-order valence-corrected chi connectivity index (χ2v) is 10.7. The highest BCUT2D eigenvalue weighted by atomic mass is 19.1. The van der Waals surface area contributed by atoms with Gasteiger partial charge in [0.2, 0.25) is 5.91 Å². The molecule has 5 rings (SSSR count). The number of carbonyl (C=O) groups excluding carboxylic acids is 1. The highest BCUT2D eigenvalue weighted by Gasteiger charge is 2.23. The summed E-state index contributed by atoms with van der Waals surface area (Å²) in [6, 6.07) is 18.3. The number of H-pyrrole nitrogens is 1. The minimum absolute atomic E-state index is 0.222. The Balaban J connectivity index is 1.17. The lowest BCUT2D eigenvalue weighted by Gasteiger charge is -2.32. The zero-order valence-electron chi connectivity index (χ0n) is 23.3. The lowest BCUT2D eigenvalue weighted by atomic mass is 9.91. The van der Waals surface area contributed by atoms with Gasteiger partial charge in [0.05, 0.1) is 12.8 Å². The first-order valence-electron chi connectivity index (χ1n) is 14.2. The Morgan fingerprint density at radius 2 is 1.85 bits per heavy atom. The molecule has 1 saturated heterocycles. The molecule has 40 heavy (non-hydrogen) atoms. The summed E-state index contributed by atoms with van der Waals surface area (Å²) in [5.41, 5.74) is 5.96. The average Bonchev–Trinajstić information content (AvgIpc) is 3.41. The largest absolute Gasteiger partial charge is 0.497 e. The predicted octanol–water partition coefficient (Wildman–Crippen LogP) is 6.79. The number of rotatable bonds is 10. The van der Waals surface area contributed by atoms with Gasteiger partial charge in [0, 0.05) is 48.2 Å². The van der Waals surface area contributed by atoms with Gasteiger partial charge in [-0.05, 0) is 105 Å². The van der Waals surface area contributed by atoms with Crippen LogP contribution in [-0.2, 0) is 17.6 Å². The molecular formula is C33H37FN4O2. The molecule has 1 N–H and O–H groups in total. The second kappa shape index (κ2) is 12.9. The number of halogens is 1. The zero-order valence-corrected chi connectivity index (χ0v) is 23.3. The molecule has 4 aromatic rings. The molecule has 1 aliphatic rings. The molecule has 0 spiro atoms. The van der Waals surface area contributed by atoms with Crippen molar-refractivity contribution >= 4 is 5.91 Å². The number of pyridine rings is 1. The highest BCUT2D eigenvalue weighted by molar-refractivity contribution is 5.76. The Kier molecular flexibility index (Phi) is 8.89. The van der Waals surface area contributed by atoms with Crippen molar-refractivity contribution in [3.63, 3.8) is 0 Å². The van der Waals surface area contributed by atoms with Gasteiger partial charge in [-0.3, -0.25) is 9.78 Å². The third-order valence-corrected chi connectivity index (χ3v) is 7.81. The predicted molar refractivity (Wildman–Crippen MR) is 156 cm³/mol. The van der Waals surface area contributed by atoms with Crippen molar-refractivity contribution in [3.8, 4) is 28.4 Å². The van der Waals surface area contributed by atoms with Gasteiger partial charge < -0.3 is 14.6 Å². The summed E-state index contributed by atoms with van der Waals surface area (Å²) in [5, 5.41) is 0. The second-order valence-electron chi connectivity index (χ2n) is 10.7. The van der Waals surface area contributed by atoms with E-state index in [2.05, 4.69) is 23.0 Å². The Hall–Kier alpha value is -4.00. The molecule has 0 radical (unpaired) electrons. The third kappa shape index (κ3) is 6.95. The Bertz CT molecular complexity index is 1420. The number of benzene rings is 2. The van der Waals surface area contributed by atoms with Crippen LogP contribution in [0.5, 0.6) is 5.75 Å². The monoisotopic (exact) mass is 540 g/mol. The standard InChI is InChI=1S/C33H37FN4O2/c1-23-15-18-35-28(21-23)14-9-24-16-19-38(20-17-24)31(39)8-4-7-30-32(26-5-3-6-29(22-26)40-2)37-33(36-30)25-10-12-27(34)13-11-25/h3,5-6,10-13,15,18,21-22,24H,4,7-9,14,16-17,19-20H2,1-2H3,(H,36,37). The van der Waals surface area contributed by atoms with E-state index in [-0.39, 0.29) is 11.7 Å². The summed E-state index contributed by atoms with van der Waals surface area (Å²) < 4.78 is 18.9. The topological polar surface area (TPSA) is 71.1 Å². The van der Waals surface area contributed by atoms with Gasteiger partial charge in [-0.15, -0.1) is 0 Å². The number of amides is 1. The summed E-state index contributed by atoms with van der Waals surface area (Å²) >= 11 is 0. The van der Waals surface area contributed by atoms with E-state index in [1.807, 2.05) is 41.4 Å². The lowest BCUT2D eigenvalue weighted by Crippen LogP contribution is -2.38. The SMILES string of the molecule is COc1cccc(-c2nc(-c3ccc(F)cc3)[nH]c2CCCC(=O)N2CCC(CCc3cc(C)ccn3)CC2)c1. The van der Waals surface area contributed by atoms with Crippen LogP contribution >= 0.6 is 0 Å². The molecule has 6 nitrogen and oxygen atoms in total. The van der Waals surface area contributed by atoms with Gasteiger partial charge in [-0.1, -0.05) is 12.1 Å². The minimum atomic E-state index is -0.283. The van der Waals surface area contributed by atoms with Crippen LogP contribution in [0, 0.1) is 18.7 Å². The van der Waals surface area contributed by atoms with E-state index < -0.39 is 0 Å². The summed E-state index contributed by atoms with van der Waals surface area (Å²) in [6.45, 7) is 3.77. The number of imidazole rings is 1. The van der Waals surface area contributed by atoms with Crippen LogP contribution in [-0.4, -0.2) is 46.0 Å². The number of aryl methyl sites for hydroxylation is 3. The van der Waals surface area contributed by atoms with Crippen molar-refractivity contribution in [1.29, 1.82) is 0 Å². The fraction of sp³-hybridized carbons (Fsp3) is 0.364. The Labute approximate surface area is 235 Å². The fourth-order valence-corrected chi connectivity index (χ4v) is 5.48. The summed E-state index contributed by atoms with van der Waals surface area (Å²) in [5.74, 6) is 2.02. The molecule has 0 atom stereocenters. The number of hydrogen-bond acceptors (Lipinski definition) is 4. The number of likely N-dealkylation sites (tertiary alicyclic amines) is 1. The van der Waals surface area contributed by atoms with Crippen molar-refractivity contribution in [2.75, 3.05) is 20.2 Å². The van der Waals surface area contributed by atoms with Crippen LogP contribution in [0.15, 0.2) is 66.9 Å². The first-order valence-corrected chi connectivity index (χ1v) is 14.2. The van der Waals surface area contributed by atoms with Gasteiger partial charge in [0.15, 0.2) is 0 Å². The van der Waals surface area contributed by atoms with Gasteiger partial charge in [-0.2, -0.15) is 0 Å². The van der Waals surface area contributed by atoms with Crippen LogP contribution in [0.2, 0.25) is 0 Å². The normalized spacial score (nSPS) is 13.9. The maximum atomic E-state index is 13.5. The van der Waals surface area contributed by atoms with Crippen LogP contribution in [0.4, 0.5) is 4.39 Å². The van der Waals surface area contributed by atoms with Crippen molar-refractivity contribution in [1.82, 2.24) is 19.9 Å². The highest BCUT2D eigenvalue weighted by Crippen LogP contribution is 2.30. The van der Waals surface area contributed by atoms with Crippen LogP contribution in [0.3, 0.4) is 0 Å². The summed E-state index contributed by atoms with van der Waals surface area (Å²) in [6.07, 6.45) is 8.03. The maximum Gasteiger partial charge on any atom is 0.222 e. The maximum absolute atomic E-state index is 13.5. The van der Waals surface area contributed by atoms with Gasteiger partial charge >= 0.3 is 0 Å². The molecule has 2 aromatic carbocycles. The number of ether oxygens (including phenoxy) is 1. The number of carbonyl (C=O) groups is 1. The molecule has 1 fully saturated rings. The Morgan fingerprint density at radius 1 is 1.05 bits per heavy atom. The molecule has 1 aliphatic heterocycles. The minimum Gasteiger partial charge on any atom is -0.497 e. The number of nitrogens with one attached hydrogen (secondary N) is 1.